The average molecular weight is 247 g/mol. The third-order valence-corrected chi connectivity index (χ3v) is 3.72. The highest BCUT2D eigenvalue weighted by atomic mass is 32.2. The smallest absolute Gasteiger partial charge is 0.133 e. The molecule has 0 spiro atoms. The minimum absolute atomic E-state index is 0.571. The summed E-state index contributed by atoms with van der Waals surface area (Å²) in [5.74, 6) is 1.50. The first-order chi connectivity index (χ1) is 8.26. The molecule has 92 valence electrons. The van der Waals surface area contributed by atoms with Crippen molar-refractivity contribution in [2.24, 2.45) is 5.92 Å². The summed E-state index contributed by atoms with van der Waals surface area (Å²) >= 11 is 1.36. The van der Waals surface area contributed by atoms with E-state index >= 15 is 0 Å². The number of nitrogens with zero attached hydrogens (tertiary/aromatic N) is 1. The van der Waals surface area contributed by atoms with Gasteiger partial charge in [0.25, 0.3) is 0 Å². The Hall–Kier alpha value is -0.940. The Morgan fingerprint density at radius 2 is 1.88 bits per heavy atom. The normalized spacial score (nSPS) is 12.1. The summed E-state index contributed by atoms with van der Waals surface area (Å²) in [5, 5.41) is 10.6. The molecule has 1 atom stereocenters. The van der Waals surface area contributed by atoms with Gasteiger partial charge in [-0.15, -0.1) is 0 Å². The molecule has 17 heavy (non-hydrogen) atoms. The van der Waals surface area contributed by atoms with E-state index in [1.165, 1.54) is 42.2 Å². The van der Waals surface area contributed by atoms with Gasteiger partial charge in [0.2, 0.25) is 0 Å². The fourth-order valence-electron chi connectivity index (χ4n) is 1.86. The first-order valence-electron chi connectivity index (χ1n) is 6.35. The Morgan fingerprint density at radius 3 is 2.47 bits per heavy atom. The van der Waals surface area contributed by atoms with Crippen LogP contribution >= 0.6 is 11.8 Å². The van der Waals surface area contributed by atoms with Gasteiger partial charge in [0.1, 0.15) is 5.40 Å². The number of nitriles is 1. The number of thioether (sulfide) groups is 1. The Bertz CT molecular complexity index is 350. The zero-order valence-corrected chi connectivity index (χ0v) is 11.6. The predicted molar refractivity (Wildman–Crippen MR) is 76.0 cm³/mol. The summed E-state index contributed by atoms with van der Waals surface area (Å²) in [4.78, 5) is 0. The molecule has 0 fully saturated rings. The van der Waals surface area contributed by atoms with E-state index in [1.807, 2.05) is 0 Å². The number of hydrogen-bond acceptors (Lipinski definition) is 2. The third-order valence-electron chi connectivity index (χ3n) is 2.86. The van der Waals surface area contributed by atoms with Crippen LogP contribution in [0.5, 0.6) is 0 Å². The van der Waals surface area contributed by atoms with Crippen LogP contribution in [-0.2, 0) is 12.8 Å². The van der Waals surface area contributed by atoms with E-state index < -0.39 is 0 Å². The lowest BCUT2D eigenvalue weighted by molar-refractivity contribution is 0.659. The van der Waals surface area contributed by atoms with Crippen LogP contribution in [0.15, 0.2) is 24.3 Å². The van der Waals surface area contributed by atoms with Crippen molar-refractivity contribution in [2.45, 2.75) is 39.5 Å². The van der Waals surface area contributed by atoms with Crippen LogP contribution in [0.1, 0.15) is 37.8 Å². The number of unbranched alkanes of at least 4 members (excludes halogenated alkanes) is 1. The fraction of sp³-hybridized carbons (Fsp3) is 0.533. The molecule has 1 aromatic carbocycles. The van der Waals surface area contributed by atoms with Crippen molar-refractivity contribution in [3.63, 3.8) is 0 Å². The van der Waals surface area contributed by atoms with Gasteiger partial charge in [-0.1, -0.05) is 44.5 Å². The van der Waals surface area contributed by atoms with Gasteiger partial charge in [-0.2, -0.15) is 5.26 Å². The SMILES string of the molecule is CCCCc1ccc(CC(C)CSC#N)cc1. The summed E-state index contributed by atoms with van der Waals surface area (Å²) < 4.78 is 0. The standard InChI is InChI=1S/C15H21NS/c1-3-4-5-14-6-8-15(9-7-14)10-13(2)11-17-12-16/h6-9,13H,3-5,10-11H2,1-2H3. The molecule has 1 rings (SSSR count). The molecule has 0 heterocycles. The van der Waals surface area contributed by atoms with Crippen molar-refractivity contribution >= 4 is 11.8 Å². The van der Waals surface area contributed by atoms with E-state index in [-0.39, 0.29) is 0 Å². The van der Waals surface area contributed by atoms with Crippen LogP contribution in [0.25, 0.3) is 0 Å². The predicted octanol–water partition coefficient (Wildman–Crippen LogP) is 4.42. The molecule has 0 aliphatic carbocycles. The quantitative estimate of drug-likeness (QED) is 0.666. The first kappa shape index (κ1) is 14.1. The molecular weight excluding hydrogens is 226 g/mol. The molecule has 0 N–H and O–H groups in total. The largest absolute Gasteiger partial charge is 0.185 e. The minimum Gasteiger partial charge on any atom is -0.185 e. The minimum atomic E-state index is 0.571. The van der Waals surface area contributed by atoms with E-state index in [0.717, 1.165) is 12.2 Å². The summed E-state index contributed by atoms with van der Waals surface area (Å²) in [6.45, 7) is 4.43. The van der Waals surface area contributed by atoms with E-state index in [2.05, 4.69) is 43.5 Å². The van der Waals surface area contributed by atoms with Gasteiger partial charge < -0.3 is 0 Å². The maximum atomic E-state index is 8.51. The molecule has 0 aliphatic heterocycles. The summed E-state index contributed by atoms with van der Waals surface area (Å²) in [7, 11) is 0. The zero-order chi connectivity index (χ0) is 12.5. The van der Waals surface area contributed by atoms with E-state index in [0.29, 0.717) is 5.92 Å². The van der Waals surface area contributed by atoms with Crippen LogP contribution in [0.3, 0.4) is 0 Å². The highest BCUT2D eigenvalue weighted by molar-refractivity contribution is 8.03. The first-order valence-corrected chi connectivity index (χ1v) is 7.33. The van der Waals surface area contributed by atoms with Crippen molar-refractivity contribution < 1.29 is 0 Å². The summed E-state index contributed by atoms with van der Waals surface area (Å²) in [6, 6.07) is 8.96. The monoisotopic (exact) mass is 247 g/mol. The number of rotatable bonds is 7. The van der Waals surface area contributed by atoms with Gasteiger partial charge in [-0.05, 0) is 48.1 Å². The fourth-order valence-corrected chi connectivity index (χ4v) is 2.34. The maximum absolute atomic E-state index is 8.51. The molecule has 0 amide bonds. The van der Waals surface area contributed by atoms with E-state index in [9.17, 15) is 0 Å². The molecule has 1 nitrogen and oxygen atoms in total. The maximum Gasteiger partial charge on any atom is 0.133 e. The number of aryl methyl sites for hydroxylation is 1. The van der Waals surface area contributed by atoms with Crippen molar-refractivity contribution in [1.29, 1.82) is 5.26 Å². The van der Waals surface area contributed by atoms with Gasteiger partial charge in [0.15, 0.2) is 0 Å². The molecule has 1 unspecified atom stereocenters. The highest BCUT2D eigenvalue weighted by Crippen LogP contribution is 2.15. The molecule has 2 heteroatoms. The number of benzene rings is 1. The third kappa shape index (κ3) is 5.79. The van der Waals surface area contributed by atoms with Gasteiger partial charge in [0.05, 0.1) is 0 Å². The molecule has 0 radical (unpaired) electrons. The van der Waals surface area contributed by atoms with Gasteiger partial charge in [-0.3, -0.25) is 0 Å². The Labute approximate surface area is 109 Å². The van der Waals surface area contributed by atoms with Crippen molar-refractivity contribution in [1.82, 2.24) is 0 Å². The van der Waals surface area contributed by atoms with Gasteiger partial charge in [0, 0.05) is 5.75 Å². The van der Waals surface area contributed by atoms with Crippen LogP contribution in [0, 0.1) is 16.6 Å². The second-order valence-electron chi connectivity index (χ2n) is 4.63. The van der Waals surface area contributed by atoms with Crippen molar-refractivity contribution in [2.75, 3.05) is 5.75 Å². The molecule has 0 aliphatic rings. The molecule has 0 aromatic heterocycles. The second kappa shape index (κ2) is 8.20. The molecular formula is C15H21NS. The topological polar surface area (TPSA) is 23.8 Å². The average Bonchev–Trinajstić information content (AvgIpc) is 2.35. The van der Waals surface area contributed by atoms with Crippen LogP contribution < -0.4 is 0 Å². The van der Waals surface area contributed by atoms with Gasteiger partial charge in [-0.25, -0.2) is 0 Å². The van der Waals surface area contributed by atoms with E-state index in [4.69, 9.17) is 5.26 Å². The second-order valence-corrected chi connectivity index (χ2v) is 5.44. The van der Waals surface area contributed by atoms with Crippen molar-refractivity contribution in [3.8, 4) is 5.40 Å². The molecule has 1 aromatic rings. The van der Waals surface area contributed by atoms with E-state index in [1.54, 1.807) is 0 Å². The highest BCUT2D eigenvalue weighted by Gasteiger charge is 2.04. The summed E-state index contributed by atoms with van der Waals surface area (Å²) in [6.07, 6.45) is 4.79. The zero-order valence-electron chi connectivity index (χ0n) is 10.8. The van der Waals surface area contributed by atoms with Crippen LogP contribution in [0.2, 0.25) is 0 Å². The number of thiocyanates is 1. The summed E-state index contributed by atoms with van der Waals surface area (Å²) in [5.41, 5.74) is 2.82. The number of hydrogen-bond donors (Lipinski definition) is 0. The lowest BCUT2D eigenvalue weighted by Gasteiger charge is -2.09. The lowest BCUT2D eigenvalue weighted by Crippen LogP contribution is -2.02. The molecule has 0 saturated carbocycles. The van der Waals surface area contributed by atoms with Crippen molar-refractivity contribution in [3.05, 3.63) is 35.4 Å². The van der Waals surface area contributed by atoms with Crippen LogP contribution in [0.4, 0.5) is 0 Å². The lowest BCUT2D eigenvalue weighted by atomic mass is 10.00. The Balaban J connectivity index is 2.42. The van der Waals surface area contributed by atoms with Crippen LogP contribution in [-0.4, -0.2) is 5.75 Å². The Kier molecular flexibility index (Phi) is 6.81. The molecule has 0 bridgehead atoms. The molecule has 0 saturated heterocycles. The van der Waals surface area contributed by atoms with Gasteiger partial charge >= 0.3 is 0 Å². The Morgan fingerprint density at radius 1 is 1.24 bits per heavy atom.